The van der Waals surface area contributed by atoms with E-state index in [9.17, 15) is 14.4 Å². The molecule has 0 bridgehead atoms. The summed E-state index contributed by atoms with van der Waals surface area (Å²) < 4.78 is 0. The highest BCUT2D eigenvalue weighted by atomic mass is 16.4. The lowest BCUT2D eigenvalue weighted by Gasteiger charge is -2.22. The van der Waals surface area contributed by atoms with Crippen LogP contribution in [0.15, 0.2) is 30.5 Å². The number of para-hydroxylation sites is 1. The molecule has 0 radical (unpaired) electrons. The predicted molar refractivity (Wildman–Crippen MR) is 110 cm³/mol. The van der Waals surface area contributed by atoms with Crippen LogP contribution in [-0.2, 0) is 20.8 Å². The molecule has 0 spiro atoms. The smallest absolute Gasteiger partial charge is 0.325 e. The van der Waals surface area contributed by atoms with E-state index in [1.165, 1.54) is 6.92 Å². The van der Waals surface area contributed by atoms with Gasteiger partial charge in [-0.25, -0.2) is 0 Å². The Morgan fingerprint density at radius 2 is 1.86 bits per heavy atom. The van der Waals surface area contributed by atoms with Crippen molar-refractivity contribution in [1.82, 2.24) is 15.6 Å². The number of nitrogens with two attached hydrogens (primary N) is 2. The Labute approximate surface area is 169 Å². The van der Waals surface area contributed by atoms with E-state index in [4.69, 9.17) is 16.6 Å². The van der Waals surface area contributed by atoms with Gasteiger partial charge < -0.3 is 32.2 Å². The Bertz CT molecular complexity index is 850. The minimum Gasteiger partial charge on any atom is -0.480 e. The number of unbranched alkanes of at least 4 members (excludes halogenated alkanes) is 1. The molecule has 0 saturated heterocycles. The Morgan fingerprint density at radius 3 is 2.55 bits per heavy atom. The van der Waals surface area contributed by atoms with Gasteiger partial charge in [0.15, 0.2) is 0 Å². The summed E-state index contributed by atoms with van der Waals surface area (Å²) in [5, 5.41) is 15.1. The average Bonchev–Trinajstić information content (AvgIpc) is 3.10. The third-order valence-electron chi connectivity index (χ3n) is 4.77. The number of benzene rings is 1. The quantitative estimate of drug-likeness (QED) is 0.294. The zero-order valence-corrected chi connectivity index (χ0v) is 16.5. The number of aliphatic carboxylic acids is 1. The van der Waals surface area contributed by atoms with Gasteiger partial charge in [-0.1, -0.05) is 24.6 Å². The first kappa shape index (κ1) is 22.4. The van der Waals surface area contributed by atoms with Crippen LogP contribution in [0.1, 0.15) is 31.7 Å². The molecule has 0 aliphatic carbocycles. The van der Waals surface area contributed by atoms with Crippen LogP contribution in [0.2, 0.25) is 0 Å². The molecule has 0 fully saturated rings. The highest BCUT2D eigenvalue weighted by Gasteiger charge is 2.27. The SMILES string of the molecule is CC(NC(=O)C(Cc1c[nH]c2ccccc12)NC(=O)C(N)CCCCN)C(=O)O. The van der Waals surface area contributed by atoms with E-state index in [0.29, 0.717) is 19.4 Å². The van der Waals surface area contributed by atoms with Crippen LogP contribution in [-0.4, -0.2) is 52.5 Å². The molecule has 8 N–H and O–H groups in total. The Kier molecular flexibility index (Phi) is 8.17. The maximum absolute atomic E-state index is 12.7. The van der Waals surface area contributed by atoms with Gasteiger partial charge in [0, 0.05) is 23.5 Å². The second-order valence-electron chi connectivity index (χ2n) is 7.08. The third-order valence-corrected chi connectivity index (χ3v) is 4.77. The molecule has 9 nitrogen and oxygen atoms in total. The summed E-state index contributed by atoms with van der Waals surface area (Å²) in [6.07, 6.45) is 3.90. The van der Waals surface area contributed by atoms with Crippen LogP contribution in [0.4, 0.5) is 0 Å². The zero-order chi connectivity index (χ0) is 21.4. The molecule has 158 valence electrons. The maximum atomic E-state index is 12.7. The zero-order valence-electron chi connectivity index (χ0n) is 16.5. The third kappa shape index (κ3) is 6.30. The van der Waals surface area contributed by atoms with Crippen molar-refractivity contribution in [1.29, 1.82) is 0 Å². The van der Waals surface area contributed by atoms with E-state index in [1.807, 2.05) is 24.3 Å². The second-order valence-corrected chi connectivity index (χ2v) is 7.08. The number of amides is 2. The fourth-order valence-corrected chi connectivity index (χ4v) is 3.02. The molecular weight excluding hydrogens is 374 g/mol. The normalized spacial score (nSPS) is 14.2. The summed E-state index contributed by atoms with van der Waals surface area (Å²) in [6.45, 7) is 1.89. The molecule has 1 aromatic carbocycles. The van der Waals surface area contributed by atoms with Crippen LogP contribution in [0.25, 0.3) is 10.9 Å². The number of fused-ring (bicyclic) bond motifs is 1. The molecule has 0 aliphatic rings. The average molecular weight is 403 g/mol. The van der Waals surface area contributed by atoms with Crippen molar-refractivity contribution >= 4 is 28.7 Å². The number of nitrogens with one attached hydrogen (secondary N) is 3. The predicted octanol–water partition coefficient (Wildman–Crippen LogP) is 0.241. The largest absolute Gasteiger partial charge is 0.480 e. The van der Waals surface area contributed by atoms with E-state index >= 15 is 0 Å². The summed E-state index contributed by atoms with van der Waals surface area (Å²) in [5.41, 5.74) is 13.1. The van der Waals surface area contributed by atoms with E-state index in [-0.39, 0.29) is 6.42 Å². The van der Waals surface area contributed by atoms with E-state index < -0.39 is 35.9 Å². The Morgan fingerprint density at radius 1 is 1.14 bits per heavy atom. The van der Waals surface area contributed by atoms with Gasteiger partial charge in [-0.3, -0.25) is 14.4 Å². The van der Waals surface area contributed by atoms with E-state index in [1.54, 1.807) is 6.20 Å². The Hall–Kier alpha value is -2.91. The lowest BCUT2D eigenvalue weighted by Crippen LogP contribution is -2.54. The van der Waals surface area contributed by atoms with Gasteiger partial charge in [0.1, 0.15) is 12.1 Å². The van der Waals surface area contributed by atoms with Crippen molar-refractivity contribution in [2.24, 2.45) is 11.5 Å². The van der Waals surface area contributed by atoms with Crippen LogP contribution in [0.3, 0.4) is 0 Å². The van der Waals surface area contributed by atoms with E-state index in [2.05, 4.69) is 15.6 Å². The first-order valence-electron chi connectivity index (χ1n) is 9.67. The van der Waals surface area contributed by atoms with Crippen LogP contribution in [0, 0.1) is 0 Å². The molecule has 3 unspecified atom stereocenters. The molecule has 0 saturated carbocycles. The number of carbonyl (C=O) groups is 3. The van der Waals surface area contributed by atoms with Crippen molar-refractivity contribution in [3.8, 4) is 0 Å². The monoisotopic (exact) mass is 403 g/mol. The van der Waals surface area contributed by atoms with Crippen molar-refractivity contribution in [3.05, 3.63) is 36.0 Å². The van der Waals surface area contributed by atoms with Gasteiger partial charge in [-0.05, 0) is 37.9 Å². The van der Waals surface area contributed by atoms with Gasteiger partial charge >= 0.3 is 5.97 Å². The molecule has 1 aromatic heterocycles. The number of hydrogen-bond donors (Lipinski definition) is 6. The van der Waals surface area contributed by atoms with Crippen molar-refractivity contribution in [2.45, 2.75) is 50.7 Å². The molecule has 2 rings (SSSR count). The maximum Gasteiger partial charge on any atom is 0.325 e. The lowest BCUT2D eigenvalue weighted by atomic mass is 10.0. The van der Waals surface area contributed by atoms with Gasteiger partial charge in [0.05, 0.1) is 6.04 Å². The minimum atomic E-state index is -1.16. The first-order chi connectivity index (χ1) is 13.8. The van der Waals surface area contributed by atoms with Crippen molar-refractivity contribution < 1.29 is 19.5 Å². The number of carbonyl (C=O) groups excluding carboxylic acids is 2. The Balaban J connectivity index is 2.15. The minimum absolute atomic E-state index is 0.198. The molecule has 2 amide bonds. The number of H-pyrrole nitrogens is 1. The molecule has 3 atom stereocenters. The standard InChI is InChI=1S/C20H29N5O4/c1-12(20(28)29)24-19(27)17(25-18(26)15(22)7-4-5-9-21)10-13-11-23-16-8-3-2-6-14(13)16/h2-3,6,8,11-12,15,17,23H,4-5,7,9-10,21-22H2,1H3,(H,24,27)(H,25,26)(H,28,29). The highest BCUT2D eigenvalue weighted by Crippen LogP contribution is 2.19. The van der Waals surface area contributed by atoms with Gasteiger partial charge in [0.2, 0.25) is 11.8 Å². The summed E-state index contributed by atoms with van der Waals surface area (Å²) >= 11 is 0. The molecule has 29 heavy (non-hydrogen) atoms. The summed E-state index contributed by atoms with van der Waals surface area (Å²) in [5.74, 6) is -2.19. The first-order valence-corrected chi connectivity index (χ1v) is 9.67. The number of rotatable bonds is 11. The van der Waals surface area contributed by atoms with Gasteiger partial charge in [0.25, 0.3) is 0 Å². The second kappa shape index (κ2) is 10.6. The van der Waals surface area contributed by atoms with Crippen molar-refractivity contribution in [2.75, 3.05) is 6.54 Å². The van der Waals surface area contributed by atoms with Crippen LogP contribution in [0.5, 0.6) is 0 Å². The van der Waals surface area contributed by atoms with Crippen LogP contribution >= 0.6 is 0 Å². The molecular formula is C20H29N5O4. The molecule has 9 heteroatoms. The summed E-state index contributed by atoms with van der Waals surface area (Å²) in [7, 11) is 0. The molecule has 0 aliphatic heterocycles. The molecule has 1 heterocycles. The fourth-order valence-electron chi connectivity index (χ4n) is 3.02. The fraction of sp³-hybridized carbons (Fsp3) is 0.450. The summed E-state index contributed by atoms with van der Waals surface area (Å²) in [6, 6.07) is 4.79. The van der Waals surface area contributed by atoms with Crippen molar-refractivity contribution in [3.63, 3.8) is 0 Å². The number of hydrogen-bond acceptors (Lipinski definition) is 5. The summed E-state index contributed by atoms with van der Waals surface area (Å²) in [4.78, 5) is 39.4. The topological polar surface area (TPSA) is 163 Å². The number of carboxylic acids is 1. The highest BCUT2D eigenvalue weighted by molar-refractivity contribution is 5.92. The molecule has 2 aromatic rings. The van der Waals surface area contributed by atoms with Crippen LogP contribution < -0.4 is 22.1 Å². The number of carboxylic acid groups (broad SMARTS) is 1. The van der Waals surface area contributed by atoms with Gasteiger partial charge in [-0.2, -0.15) is 0 Å². The van der Waals surface area contributed by atoms with Gasteiger partial charge in [-0.15, -0.1) is 0 Å². The van der Waals surface area contributed by atoms with E-state index in [0.717, 1.165) is 22.9 Å². The number of aromatic nitrogens is 1. The number of aromatic amines is 1. The lowest BCUT2D eigenvalue weighted by molar-refractivity contribution is -0.141.